The minimum absolute atomic E-state index is 0.0649. The molecule has 13 atom stereocenters. The Kier molecular flexibility index (Phi) is 17.1. The molecule has 1 amide bonds. The van der Waals surface area contributed by atoms with Gasteiger partial charge in [-0.15, -0.1) is 6.58 Å². The highest BCUT2D eigenvalue weighted by atomic mass is 16.7. The van der Waals surface area contributed by atoms with Crippen LogP contribution in [0.4, 0.5) is 0 Å². The monoisotopic (exact) mass is 787 g/mol. The molecule has 4 rings (SSSR count). The molecule has 3 heterocycles. The van der Waals surface area contributed by atoms with E-state index in [4.69, 9.17) is 23.7 Å². The lowest BCUT2D eigenvalue weighted by Gasteiger charge is -2.47. The van der Waals surface area contributed by atoms with Gasteiger partial charge in [-0.05, 0) is 108 Å². The molecule has 0 aromatic rings. The molecule has 0 spiro atoms. The molecule has 316 valence electrons. The maximum absolute atomic E-state index is 14.3. The summed E-state index contributed by atoms with van der Waals surface area (Å²) >= 11 is 0. The smallest absolute Gasteiger partial charge is 0.329 e. The van der Waals surface area contributed by atoms with Crippen LogP contribution in [0.15, 0.2) is 36.0 Å². The Morgan fingerprint density at radius 2 is 1.64 bits per heavy atom. The highest BCUT2D eigenvalue weighted by Gasteiger charge is 2.56. The normalized spacial score (nSPS) is 40.1. The van der Waals surface area contributed by atoms with Crippen LogP contribution < -0.4 is 0 Å². The average molecular weight is 788 g/mol. The molecule has 2 bridgehead atoms. The predicted octanol–water partition coefficient (Wildman–Crippen LogP) is 5.67. The van der Waals surface area contributed by atoms with E-state index in [0.29, 0.717) is 51.4 Å². The summed E-state index contributed by atoms with van der Waals surface area (Å²) in [5.41, 5.74) is 1.86. The Morgan fingerprint density at radius 1 is 0.964 bits per heavy atom. The topological polar surface area (TPSA) is 158 Å². The number of carbonyl (C=O) groups excluding carboxylic acids is 4. The van der Waals surface area contributed by atoms with E-state index in [1.165, 1.54) is 4.90 Å². The third kappa shape index (κ3) is 11.0. The van der Waals surface area contributed by atoms with E-state index in [9.17, 15) is 29.4 Å². The quantitative estimate of drug-likeness (QED) is 0.186. The van der Waals surface area contributed by atoms with Gasteiger partial charge in [0.1, 0.15) is 24.0 Å². The predicted molar refractivity (Wildman–Crippen MR) is 211 cm³/mol. The molecular formula is C44H69NO11. The largest absolute Gasteiger partial charge is 0.456 e. The van der Waals surface area contributed by atoms with Crippen molar-refractivity contribution in [2.45, 2.75) is 160 Å². The van der Waals surface area contributed by atoms with Crippen molar-refractivity contribution < 1.29 is 53.1 Å². The first kappa shape index (κ1) is 46.0. The Bertz CT molecular complexity index is 1440. The van der Waals surface area contributed by atoms with E-state index < -0.39 is 65.9 Å². The molecule has 3 aliphatic heterocycles. The number of aliphatic hydroxyl groups excluding tert-OH is 1. The summed E-state index contributed by atoms with van der Waals surface area (Å²) in [6.07, 6.45) is 8.39. The van der Waals surface area contributed by atoms with Crippen LogP contribution in [0.1, 0.15) is 112 Å². The van der Waals surface area contributed by atoms with Gasteiger partial charge in [0, 0.05) is 46.1 Å². The summed E-state index contributed by atoms with van der Waals surface area (Å²) in [7, 11) is 4.68. The Labute approximate surface area is 334 Å². The number of fused-ring (bicyclic) bond motifs is 3. The van der Waals surface area contributed by atoms with Crippen LogP contribution in [0, 0.1) is 29.6 Å². The molecular weight excluding hydrogens is 718 g/mol. The number of hydrogen-bond acceptors (Lipinski definition) is 11. The number of allylic oxidation sites excluding steroid dienone is 4. The van der Waals surface area contributed by atoms with Crippen LogP contribution in [-0.2, 0) is 42.9 Å². The summed E-state index contributed by atoms with van der Waals surface area (Å²) in [6.45, 7) is 13.7. The molecule has 0 aromatic heterocycles. The minimum Gasteiger partial charge on any atom is -0.456 e. The first-order chi connectivity index (χ1) is 26.6. The number of piperidine rings is 1. The van der Waals surface area contributed by atoms with E-state index in [1.807, 2.05) is 26.8 Å². The molecule has 0 aromatic carbocycles. The second kappa shape index (κ2) is 20.8. The van der Waals surface area contributed by atoms with Crippen molar-refractivity contribution in [2.75, 3.05) is 27.9 Å². The highest BCUT2D eigenvalue weighted by molar-refractivity contribution is 6.39. The van der Waals surface area contributed by atoms with Crippen LogP contribution >= 0.6 is 0 Å². The third-order valence-corrected chi connectivity index (χ3v) is 12.7. The number of carbonyl (C=O) groups is 4. The lowest BCUT2D eigenvalue weighted by atomic mass is 9.82. The molecule has 3 fully saturated rings. The summed E-state index contributed by atoms with van der Waals surface area (Å²) in [5, 5.41) is 22.4. The van der Waals surface area contributed by atoms with Crippen molar-refractivity contribution in [3.05, 3.63) is 36.0 Å². The van der Waals surface area contributed by atoms with Gasteiger partial charge in [0.25, 0.3) is 11.7 Å². The van der Waals surface area contributed by atoms with Crippen LogP contribution in [-0.4, -0.2) is 115 Å². The molecule has 1 saturated carbocycles. The molecule has 1 unspecified atom stereocenters. The molecule has 12 heteroatoms. The SMILES string of the molecule is C=CC[C@@H]1/C=C(\C)C[C@H](C)CC(OC)[C@H]2O[C@@](O)(C(=O)C(=O)N3CCCC[C@H]3C(=O)O[C@H](/C(C)=C/[C@@H]3CC[C@@H](O)[C@H](OC)C3)[C@H](C)CCC1=O)[C@H](C)C[C@@H]2OC. The zero-order chi connectivity index (χ0) is 41.3. The maximum Gasteiger partial charge on any atom is 0.329 e. The lowest BCUT2D eigenvalue weighted by Crippen LogP contribution is -2.64. The van der Waals surface area contributed by atoms with Gasteiger partial charge in [0.15, 0.2) is 0 Å². The van der Waals surface area contributed by atoms with Crippen LogP contribution in [0.3, 0.4) is 0 Å². The fourth-order valence-electron chi connectivity index (χ4n) is 9.43. The number of ketones is 2. The van der Waals surface area contributed by atoms with Crippen molar-refractivity contribution in [3.8, 4) is 0 Å². The second-order valence-electron chi connectivity index (χ2n) is 17.2. The van der Waals surface area contributed by atoms with E-state index in [1.54, 1.807) is 34.3 Å². The fourth-order valence-corrected chi connectivity index (χ4v) is 9.43. The number of cyclic esters (lactones) is 1. The first-order valence-electron chi connectivity index (χ1n) is 20.8. The Hall–Kier alpha value is -2.74. The maximum atomic E-state index is 14.3. The van der Waals surface area contributed by atoms with Gasteiger partial charge in [-0.25, -0.2) is 4.79 Å². The van der Waals surface area contributed by atoms with E-state index in [-0.39, 0.29) is 61.4 Å². The van der Waals surface area contributed by atoms with Crippen molar-refractivity contribution in [1.29, 1.82) is 0 Å². The zero-order valence-electron chi connectivity index (χ0n) is 35.1. The van der Waals surface area contributed by atoms with Crippen molar-refractivity contribution >= 4 is 23.4 Å². The van der Waals surface area contributed by atoms with E-state index in [2.05, 4.69) is 19.6 Å². The van der Waals surface area contributed by atoms with E-state index >= 15 is 0 Å². The van der Waals surface area contributed by atoms with Gasteiger partial charge in [-0.1, -0.05) is 44.6 Å². The number of nitrogens with zero attached hydrogens (tertiary/aromatic N) is 1. The first-order valence-corrected chi connectivity index (χ1v) is 20.8. The molecule has 2 N–H and O–H groups in total. The second-order valence-corrected chi connectivity index (χ2v) is 17.2. The summed E-state index contributed by atoms with van der Waals surface area (Å²) in [6, 6.07) is -1.05. The Morgan fingerprint density at radius 3 is 2.30 bits per heavy atom. The van der Waals surface area contributed by atoms with Crippen molar-refractivity contribution in [3.63, 3.8) is 0 Å². The molecule has 1 aliphatic carbocycles. The van der Waals surface area contributed by atoms with Gasteiger partial charge in [0.2, 0.25) is 5.79 Å². The number of ether oxygens (including phenoxy) is 5. The van der Waals surface area contributed by atoms with Crippen LogP contribution in [0.5, 0.6) is 0 Å². The molecule has 0 radical (unpaired) electrons. The van der Waals surface area contributed by atoms with Crippen molar-refractivity contribution in [2.24, 2.45) is 29.6 Å². The summed E-state index contributed by atoms with van der Waals surface area (Å²) < 4.78 is 29.9. The van der Waals surface area contributed by atoms with Gasteiger partial charge < -0.3 is 38.8 Å². The van der Waals surface area contributed by atoms with Crippen LogP contribution in [0.2, 0.25) is 0 Å². The average Bonchev–Trinajstić information content (AvgIpc) is 3.18. The highest BCUT2D eigenvalue weighted by Crippen LogP contribution is 2.39. The summed E-state index contributed by atoms with van der Waals surface area (Å²) in [5.74, 6) is -6.43. The number of aliphatic hydroxyl groups is 2. The van der Waals surface area contributed by atoms with E-state index in [0.717, 1.165) is 17.6 Å². The van der Waals surface area contributed by atoms with Gasteiger partial charge >= 0.3 is 5.97 Å². The van der Waals surface area contributed by atoms with Crippen molar-refractivity contribution in [1.82, 2.24) is 4.90 Å². The molecule has 4 aliphatic rings. The minimum atomic E-state index is -2.47. The lowest BCUT2D eigenvalue weighted by molar-refractivity contribution is -0.302. The standard InChI is InChI=1S/C44H69NO11/c1-10-13-32-21-26(2)20-27(3)22-37(53-8)40-38(54-9)24-30(6)44(51,56-40)41(48)42(49)45-19-12-11-14-33(45)43(50)55-39(28(4)15-17-34(32)46)29(5)23-31-16-18-35(47)36(25-31)52-7/h10,21,23,27-28,30-33,35-40,47,51H,1,11-20,22,24-25H2,2-9H3/b26-21+,29-23+/t27-,28+,30+,31-,32+,33-,35+,36+,37?,38-,39-,40+,44+/m0/s1. The Balaban J connectivity index is 1.75. The molecule has 56 heavy (non-hydrogen) atoms. The number of esters is 1. The number of hydrogen-bond donors (Lipinski definition) is 2. The van der Waals surface area contributed by atoms with Gasteiger partial charge in [-0.3, -0.25) is 14.4 Å². The number of rotatable bonds is 7. The fraction of sp³-hybridized carbons (Fsp3) is 0.773. The summed E-state index contributed by atoms with van der Waals surface area (Å²) in [4.78, 5) is 57.8. The molecule has 12 nitrogen and oxygen atoms in total. The number of methoxy groups -OCH3 is 3. The zero-order valence-corrected chi connectivity index (χ0v) is 35.1. The number of Topliss-reactive ketones (excluding diaryl/α,β-unsaturated/α-hetero) is 2. The number of amides is 1. The van der Waals surface area contributed by atoms with Gasteiger partial charge in [-0.2, -0.15) is 0 Å². The van der Waals surface area contributed by atoms with Crippen LogP contribution in [0.25, 0.3) is 0 Å². The third-order valence-electron chi connectivity index (χ3n) is 12.7. The van der Waals surface area contributed by atoms with Gasteiger partial charge in [0.05, 0.1) is 24.4 Å². The molecule has 2 saturated heterocycles.